The number of nitrogens with one attached hydrogen (secondary N) is 1. The fourth-order valence-electron chi connectivity index (χ4n) is 1.44. The molecule has 0 amide bonds. The van der Waals surface area contributed by atoms with Crippen molar-refractivity contribution < 1.29 is 10.0 Å². The molecular formula is C12H16N2O3. The summed E-state index contributed by atoms with van der Waals surface area (Å²) in [6, 6.07) is 4.56. The molecule has 0 aliphatic carbocycles. The van der Waals surface area contributed by atoms with Crippen molar-refractivity contribution in [3.63, 3.8) is 0 Å². The number of allylic oxidation sites excluding steroid dienone is 1. The van der Waals surface area contributed by atoms with Gasteiger partial charge in [-0.2, -0.15) is 0 Å². The summed E-state index contributed by atoms with van der Waals surface area (Å²) in [5, 5.41) is 22.8. The van der Waals surface area contributed by atoms with Crippen molar-refractivity contribution in [2.24, 2.45) is 0 Å². The van der Waals surface area contributed by atoms with Crippen LogP contribution in [0.1, 0.15) is 18.9 Å². The zero-order chi connectivity index (χ0) is 12.7. The van der Waals surface area contributed by atoms with Crippen molar-refractivity contribution in [3.8, 4) is 0 Å². The Morgan fingerprint density at radius 1 is 1.53 bits per heavy atom. The molecule has 0 aliphatic rings. The maximum atomic E-state index is 10.8. The Kier molecular flexibility index (Phi) is 5.16. The van der Waals surface area contributed by atoms with E-state index in [0.29, 0.717) is 17.8 Å². The molecule has 1 aromatic rings. The van der Waals surface area contributed by atoms with Gasteiger partial charge in [-0.15, -0.1) is 0 Å². The van der Waals surface area contributed by atoms with Gasteiger partial charge in [-0.1, -0.05) is 12.2 Å². The summed E-state index contributed by atoms with van der Waals surface area (Å²) in [6.07, 6.45) is 4.71. The minimum absolute atomic E-state index is 0.0303. The minimum atomic E-state index is -0.431. The lowest BCUT2D eigenvalue weighted by Gasteiger charge is -2.07. The van der Waals surface area contributed by atoms with E-state index in [9.17, 15) is 10.1 Å². The van der Waals surface area contributed by atoms with Crippen molar-refractivity contribution in [2.75, 3.05) is 11.9 Å². The first-order valence-electron chi connectivity index (χ1n) is 5.42. The third-order valence-electron chi connectivity index (χ3n) is 2.30. The summed E-state index contributed by atoms with van der Waals surface area (Å²) >= 11 is 0. The predicted molar refractivity (Wildman–Crippen MR) is 66.9 cm³/mol. The Morgan fingerprint density at radius 3 is 2.88 bits per heavy atom. The van der Waals surface area contributed by atoms with Crippen LogP contribution in [0.4, 0.5) is 11.4 Å². The Balaban J connectivity index is 2.81. The number of nitro benzene ring substituents is 1. The molecule has 5 nitrogen and oxygen atoms in total. The Morgan fingerprint density at radius 2 is 2.29 bits per heavy atom. The van der Waals surface area contributed by atoms with Gasteiger partial charge in [0.25, 0.3) is 5.69 Å². The van der Waals surface area contributed by atoms with Crippen molar-refractivity contribution in [3.05, 3.63) is 46.0 Å². The number of nitrogens with zero attached hydrogens (tertiary/aromatic N) is 1. The first-order valence-corrected chi connectivity index (χ1v) is 5.42. The van der Waals surface area contributed by atoms with Crippen LogP contribution < -0.4 is 5.32 Å². The van der Waals surface area contributed by atoms with Crippen molar-refractivity contribution in [2.45, 2.75) is 20.0 Å². The molecule has 0 aliphatic heterocycles. The predicted octanol–water partition coefficient (Wildman–Crippen LogP) is 2.47. The second kappa shape index (κ2) is 6.65. The van der Waals surface area contributed by atoms with E-state index in [4.69, 9.17) is 5.11 Å². The first-order chi connectivity index (χ1) is 8.19. The topological polar surface area (TPSA) is 75.4 Å². The number of hydrogen-bond acceptors (Lipinski definition) is 4. The number of hydrogen-bond donors (Lipinski definition) is 2. The van der Waals surface area contributed by atoms with E-state index in [0.717, 1.165) is 6.42 Å². The van der Waals surface area contributed by atoms with Crippen LogP contribution in [-0.2, 0) is 6.61 Å². The van der Waals surface area contributed by atoms with E-state index in [1.165, 1.54) is 6.07 Å². The maximum Gasteiger partial charge on any atom is 0.292 e. The van der Waals surface area contributed by atoms with Gasteiger partial charge in [-0.25, -0.2) is 0 Å². The van der Waals surface area contributed by atoms with Crippen molar-refractivity contribution >= 4 is 11.4 Å². The molecule has 0 radical (unpaired) electrons. The second-order valence-electron chi connectivity index (χ2n) is 3.55. The van der Waals surface area contributed by atoms with Crippen LogP contribution in [-0.4, -0.2) is 16.6 Å². The summed E-state index contributed by atoms with van der Waals surface area (Å²) in [6.45, 7) is 2.43. The lowest BCUT2D eigenvalue weighted by molar-refractivity contribution is -0.384. The van der Waals surface area contributed by atoms with Gasteiger partial charge in [0.05, 0.1) is 11.5 Å². The summed E-state index contributed by atoms with van der Waals surface area (Å²) < 4.78 is 0. The smallest absolute Gasteiger partial charge is 0.292 e. The third-order valence-corrected chi connectivity index (χ3v) is 2.30. The quantitative estimate of drug-likeness (QED) is 0.344. The number of nitro groups is 1. The molecule has 0 fully saturated rings. The SMILES string of the molecule is C/C=C/CCNc1cc(CO)ccc1[N+](=O)[O-]. The highest BCUT2D eigenvalue weighted by Gasteiger charge is 2.13. The van der Waals surface area contributed by atoms with E-state index in [1.54, 1.807) is 12.1 Å². The summed E-state index contributed by atoms with van der Waals surface area (Å²) in [4.78, 5) is 10.4. The molecule has 0 saturated heterocycles. The first kappa shape index (κ1) is 13.2. The number of aliphatic hydroxyl groups excluding tert-OH is 1. The summed E-state index contributed by atoms with van der Waals surface area (Å²) in [7, 11) is 0. The molecule has 0 bridgehead atoms. The molecule has 2 N–H and O–H groups in total. The monoisotopic (exact) mass is 236 g/mol. The van der Waals surface area contributed by atoms with Gasteiger partial charge in [-0.3, -0.25) is 10.1 Å². The zero-order valence-corrected chi connectivity index (χ0v) is 9.72. The lowest BCUT2D eigenvalue weighted by atomic mass is 10.2. The average molecular weight is 236 g/mol. The van der Waals surface area contributed by atoms with Crippen LogP contribution in [0.25, 0.3) is 0 Å². The van der Waals surface area contributed by atoms with Crippen molar-refractivity contribution in [1.82, 2.24) is 0 Å². The summed E-state index contributed by atoms with van der Waals surface area (Å²) in [5.41, 5.74) is 1.14. The molecule has 0 aromatic heterocycles. The molecule has 0 unspecified atom stereocenters. The highest BCUT2D eigenvalue weighted by Crippen LogP contribution is 2.25. The molecule has 0 spiro atoms. The van der Waals surface area contributed by atoms with Gasteiger partial charge in [0.15, 0.2) is 0 Å². The van der Waals surface area contributed by atoms with Crippen LogP contribution in [0.3, 0.4) is 0 Å². The van der Waals surface area contributed by atoms with Gasteiger partial charge in [0.2, 0.25) is 0 Å². The summed E-state index contributed by atoms with van der Waals surface area (Å²) in [5.74, 6) is 0. The van der Waals surface area contributed by atoms with E-state index in [2.05, 4.69) is 5.32 Å². The molecule has 5 heteroatoms. The molecule has 0 saturated carbocycles. The fraction of sp³-hybridized carbons (Fsp3) is 0.333. The van der Waals surface area contributed by atoms with E-state index < -0.39 is 4.92 Å². The van der Waals surface area contributed by atoms with Gasteiger partial charge in [0, 0.05) is 12.6 Å². The number of benzene rings is 1. The number of rotatable bonds is 6. The number of aliphatic hydroxyl groups is 1. The third kappa shape index (κ3) is 3.88. The molecule has 0 heterocycles. The Labute approximate surface area is 99.9 Å². The lowest BCUT2D eigenvalue weighted by Crippen LogP contribution is -2.04. The molecule has 1 rings (SSSR count). The minimum Gasteiger partial charge on any atom is -0.392 e. The Hall–Kier alpha value is -1.88. The van der Waals surface area contributed by atoms with Crippen molar-refractivity contribution in [1.29, 1.82) is 0 Å². The highest BCUT2D eigenvalue weighted by molar-refractivity contribution is 5.62. The van der Waals surface area contributed by atoms with E-state index >= 15 is 0 Å². The molecular weight excluding hydrogens is 220 g/mol. The van der Waals surface area contributed by atoms with E-state index in [-0.39, 0.29) is 12.3 Å². The molecule has 17 heavy (non-hydrogen) atoms. The highest BCUT2D eigenvalue weighted by atomic mass is 16.6. The second-order valence-corrected chi connectivity index (χ2v) is 3.55. The molecule has 0 atom stereocenters. The Bertz CT molecular complexity index is 416. The van der Waals surface area contributed by atoms with Gasteiger partial charge < -0.3 is 10.4 Å². The van der Waals surface area contributed by atoms with Crippen LogP contribution in [0.5, 0.6) is 0 Å². The van der Waals surface area contributed by atoms with Crippen LogP contribution in [0.2, 0.25) is 0 Å². The van der Waals surface area contributed by atoms with Crippen LogP contribution in [0, 0.1) is 10.1 Å². The zero-order valence-electron chi connectivity index (χ0n) is 9.72. The maximum absolute atomic E-state index is 10.8. The van der Waals surface area contributed by atoms with Crippen LogP contribution in [0.15, 0.2) is 30.4 Å². The number of anilines is 1. The fourth-order valence-corrected chi connectivity index (χ4v) is 1.44. The van der Waals surface area contributed by atoms with Gasteiger partial charge >= 0.3 is 0 Å². The standard InChI is InChI=1S/C12H16N2O3/c1-2-3-4-7-13-11-8-10(9-15)5-6-12(11)14(16)17/h2-3,5-6,8,13,15H,4,7,9H2,1H3/b3-2+. The normalized spacial score (nSPS) is 10.7. The van der Waals surface area contributed by atoms with Gasteiger partial charge in [0.1, 0.15) is 5.69 Å². The molecule has 92 valence electrons. The van der Waals surface area contributed by atoms with Crippen LogP contribution >= 0.6 is 0 Å². The largest absolute Gasteiger partial charge is 0.392 e. The average Bonchev–Trinajstić information content (AvgIpc) is 2.34. The molecule has 1 aromatic carbocycles. The van der Waals surface area contributed by atoms with Gasteiger partial charge in [-0.05, 0) is 31.0 Å². The van der Waals surface area contributed by atoms with E-state index in [1.807, 2.05) is 19.1 Å².